The molecule has 2 aliphatic carbocycles. The highest BCUT2D eigenvalue weighted by molar-refractivity contribution is 6.20. The topological polar surface area (TPSA) is 55.1 Å². The molecular weight excluding hydrogens is 885 g/mol. The molecule has 0 radical (unpaired) electrons. The molecule has 0 saturated heterocycles. The molecule has 1 aliphatic heterocycles. The summed E-state index contributed by atoms with van der Waals surface area (Å²) in [7, 11) is 0. The van der Waals surface area contributed by atoms with E-state index in [1.54, 1.807) is 0 Å². The van der Waals surface area contributed by atoms with Crippen molar-refractivity contribution in [1.29, 1.82) is 0 Å². The second-order valence-electron chi connectivity index (χ2n) is 19.1. The van der Waals surface area contributed by atoms with Gasteiger partial charge in [-0.1, -0.05) is 121 Å². The first-order valence-corrected chi connectivity index (χ1v) is 24.5. The molecule has 13 aromatic rings. The molecule has 6 heteroatoms. The van der Waals surface area contributed by atoms with Crippen molar-refractivity contribution in [2.45, 2.75) is 6.10 Å². The Hall–Kier alpha value is -9.52. The fraction of sp³-hybridized carbons (Fsp3) is 0.0303. The molecule has 338 valence electrons. The van der Waals surface area contributed by atoms with Crippen LogP contribution < -0.4 is 14.5 Å². The normalized spacial score (nSPS) is 16.1. The first-order chi connectivity index (χ1) is 35.7. The van der Waals surface area contributed by atoms with Gasteiger partial charge in [-0.2, -0.15) is 0 Å². The van der Waals surface area contributed by atoms with Crippen molar-refractivity contribution in [3.63, 3.8) is 0 Å². The number of hydrogen-bond acceptors (Lipinski definition) is 6. The molecule has 0 spiro atoms. The molecule has 4 heterocycles. The van der Waals surface area contributed by atoms with Gasteiger partial charge in [0.2, 0.25) is 0 Å². The van der Waals surface area contributed by atoms with Crippen LogP contribution in [0, 0.1) is 5.92 Å². The number of ether oxygens (including phenoxy) is 1. The summed E-state index contributed by atoms with van der Waals surface area (Å²) in [5.41, 5.74) is 15.0. The molecular formula is C66H40N2O4. The molecule has 0 amide bonds. The van der Waals surface area contributed by atoms with E-state index < -0.39 is 0 Å². The monoisotopic (exact) mass is 924 g/mol. The average Bonchev–Trinajstić information content (AvgIpc) is 4.20. The lowest BCUT2D eigenvalue weighted by Gasteiger charge is -2.36. The van der Waals surface area contributed by atoms with Gasteiger partial charge in [-0.25, -0.2) is 0 Å². The third kappa shape index (κ3) is 5.78. The number of hydrogen-bond donors (Lipinski definition) is 0. The minimum absolute atomic E-state index is 0.0697. The largest absolute Gasteiger partial charge is 0.484 e. The first-order valence-electron chi connectivity index (χ1n) is 24.5. The molecule has 16 rings (SSSR count). The Labute approximate surface area is 412 Å². The minimum Gasteiger partial charge on any atom is -0.484 e. The van der Waals surface area contributed by atoms with Crippen molar-refractivity contribution < 1.29 is 18.0 Å². The second-order valence-corrected chi connectivity index (χ2v) is 19.1. The molecule has 2 atom stereocenters. The number of para-hydroxylation sites is 4. The highest BCUT2D eigenvalue weighted by Gasteiger charge is 2.41. The third-order valence-corrected chi connectivity index (χ3v) is 15.1. The van der Waals surface area contributed by atoms with Gasteiger partial charge in [0.1, 0.15) is 45.4 Å². The smallest absolute Gasteiger partial charge is 0.143 e. The van der Waals surface area contributed by atoms with Gasteiger partial charge >= 0.3 is 0 Å². The van der Waals surface area contributed by atoms with Crippen LogP contribution in [0.25, 0.3) is 92.9 Å². The first kappa shape index (κ1) is 39.3. The van der Waals surface area contributed by atoms with Crippen molar-refractivity contribution in [3.8, 4) is 5.75 Å². The van der Waals surface area contributed by atoms with Gasteiger partial charge < -0.3 is 27.8 Å². The fourth-order valence-electron chi connectivity index (χ4n) is 11.9. The van der Waals surface area contributed by atoms with E-state index in [0.29, 0.717) is 0 Å². The summed E-state index contributed by atoms with van der Waals surface area (Å²) in [5.74, 6) is 1.00. The fourth-order valence-corrected chi connectivity index (χ4v) is 11.9. The maximum atomic E-state index is 6.84. The maximum absolute atomic E-state index is 6.84. The van der Waals surface area contributed by atoms with Gasteiger partial charge in [0, 0.05) is 95.0 Å². The predicted molar refractivity (Wildman–Crippen MR) is 294 cm³/mol. The van der Waals surface area contributed by atoms with Gasteiger partial charge in [0.05, 0.1) is 11.4 Å². The van der Waals surface area contributed by atoms with Crippen LogP contribution in [0.1, 0.15) is 5.56 Å². The molecule has 3 aromatic heterocycles. The summed E-state index contributed by atoms with van der Waals surface area (Å²) in [4.78, 5) is 4.70. The number of furan rings is 3. The SMILES string of the molecule is C1=CC2=C(N(c3ccccc3)c3ccc4c(c3)oc3cc5cc6c(cc5cc34)oc3cc(N(c4ccccc4)c4cc5c7ccccc7oc5c5ccccc45)ccc36)C=C3c4ccccc4OC3C2C=C1. The molecule has 6 nitrogen and oxygen atoms in total. The molecule has 0 bridgehead atoms. The Morgan fingerprint density at radius 2 is 0.972 bits per heavy atom. The molecule has 0 N–H and O–H groups in total. The van der Waals surface area contributed by atoms with Crippen LogP contribution in [-0.4, -0.2) is 6.10 Å². The van der Waals surface area contributed by atoms with Crippen molar-refractivity contribution in [2.24, 2.45) is 5.92 Å². The number of rotatable bonds is 6. The van der Waals surface area contributed by atoms with E-state index in [1.165, 1.54) is 11.1 Å². The van der Waals surface area contributed by atoms with E-state index in [1.807, 2.05) is 18.2 Å². The quantitative estimate of drug-likeness (QED) is 0.166. The van der Waals surface area contributed by atoms with Crippen LogP contribution in [0.2, 0.25) is 0 Å². The van der Waals surface area contributed by atoms with Crippen LogP contribution in [0.3, 0.4) is 0 Å². The summed E-state index contributed by atoms with van der Waals surface area (Å²) in [6.45, 7) is 0. The van der Waals surface area contributed by atoms with Crippen LogP contribution in [0.15, 0.2) is 255 Å². The van der Waals surface area contributed by atoms with E-state index in [9.17, 15) is 0 Å². The van der Waals surface area contributed by atoms with Crippen LogP contribution in [0.4, 0.5) is 28.4 Å². The summed E-state index contributed by atoms with van der Waals surface area (Å²) in [5, 5.41) is 10.7. The van der Waals surface area contributed by atoms with Crippen LogP contribution >= 0.6 is 0 Å². The highest BCUT2D eigenvalue weighted by atomic mass is 16.5. The lowest BCUT2D eigenvalue weighted by molar-refractivity contribution is 0.243. The lowest BCUT2D eigenvalue weighted by atomic mass is 9.79. The number of fused-ring (bicyclic) bond motifs is 17. The van der Waals surface area contributed by atoms with Crippen LogP contribution in [0.5, 0.6) is 5.75 Å². The molecule has 2 unspecified atom stereocenters. The van der Waals surface area contributed by atoms with Crippen molar-refractivity contribution in [2.75, 3.05) is 9.80 Å². The maximum Gasteiger partial charge on any atom is 0.143 e. The van der Waals surface area contributed by atoms with Gasteiger partial charge in [0.15, 0.2) is 0 Å². The predicted octanol–water partition coefficient (Wildman–Crippen LogP) is 18.2. The Balaban J connectivity index is 0.814. The number of allylic oxidation sites excluding steroid dienone is 4. The average molecular weight is 925 g/mol. The standard InChI is InChI=1S/C66H40N2O4/c1-3-15-41(16-4-1)67(57-37-55-47-21-11-13-25-59(47)71-65(55)51-23-9-7-19-45(51)57)43-27-29-49-53-31-39-34-62-54(32-40(39)33-61(53)69-63(49)35-43)50-30-28-44(36-64(50)70-62)68(42-17-5-2-6-18-42)58-38-56-48-22-12-14-26-60(48)72-66(56)52-24-10-8-20-46(52)58/h1-38,51,65H. The van der Waals surface area contributed by atoms with Gasteiger partial charge in [0.25, 0.3) is 0 Å². The third-order valence-electron chi connectivity index (χ3n) is 15.1. The lowest BCUT2D eigenvalue weighted by Crippen LogP contribution is -2.32. The zero-order valence-corrected chi connectivity index (χ0v) is 38.6. The molecule has 0 saturated carbocycles. The zero-order chi connectivity index (χ0) is 47.0. The van der Waals surface area contributed by atoms with E-state index in [0.717, 1.165) is 133 Å². The second kappa shape index (κ2) is 15.0. The summed E-state index contributed by atoms with van der Waals surface area (Å²) >= 11 is 0. The van der Waals surface area contributed by atoms with Gasteiger partial charge in [-0.05, 0) is 113 Å². The minimum atomic E-state index is -0.0770. The van der Waals surface area contributed by atoms with E-state index in [2.05, 4.69) is 222 Å². The zero-order valence-electron chi connectivity index (χ0n) is 38.6. The Morgan fingerprint density at radius 3 is 1.69 bits per heavy atom. The van der Waals surface area contributed by atoms with E-state index >= 15 is 0 Å². The number of anilines is 5. The van der Waals surface area contributed by atoms with Crippen molar-refractivity contribution in [3.05, 3.63) is 247 Å². The highest BCUT2D eigenvalue weighted by Crippen LogP contribution is 2.51. The van der Waals surface area contributed by atoms with E-state index in [-0.39, 0.29) is 12.0 Å². The van der Waals surface area contributed by atoms with Gasteiger partial charge in [-0.15, -0.1) is 0 Å². The summed E-state index contributed by atoms with van der Waals surface area (Å²) in [6, 6.07) is 70.7. The number of nitrogens with zero attached hydrogens (tertiary/aromatic N) is 2. The van der Waals surface area contributed by atoms with Crippen LogP contribution in [-0.2, 0) is 0 Å². The van der Waals surface area contributed by atoms with E-state index in [4.69, 9.17) is 18.0 Å². The molecule has 10 aromatic carbocycles. The molecule has 3 aliphatic rings. The number of benzene rings is 10. The molecule has 72 heavy (non-hydrogen) atoms. The molecule has 0 fully saturated rings. The van der Waals surface area contributed by atoms with Gasteiger partial charge in [-0.3, -0.25) is 0 Å². The summed E-state index contributed by atoms with van der Waals surface area (Å²) in [6.07, 6.45) is 11.0. The Kier molecular flexibility index (Phi) is 8.19. The Morgan fingerprint density at radius 1 is 0.389 bits per heavy atom. The van der Waals surface area contributed by atoms with Crippen molar-refractivity contribution in [1.82, 2.24) is 0 Å². The summed E-state index contributed by atoms with van der Waals surface area (Å²) < 4.78 is 26.8. The Bertz CT molecular complexity index is 4570. The van der Waals surface area contributed by atoms with Crippen molar-refractivity contribution >= 4 is 121 Å².